The first-order chi connectivity index (χ1) is 4.34. The van der Waals surface area contributed by atoms with E-state index in [1.165, 1.54) is 18.6 Å². The van der Waals surface area contributed by atoms with Crippen molar-refractivity contribution in [1.82, 2.24) is 0 Å². The van der Waals surface area contributed by atoms with Gasteiger partial charge in [0.1, 0.15) is 0 Å². The molecule has 0 aliphatic rings. The standard InChI is InChI=1S/C4H5BO4/c6-5(9-7)4-1-2-8-3-4/h1-3,6-7H. The minimum Gasteiger partial charge on any atom is -0.473 e. The zero-order chi connectivity index (χ0) is 6.69. The maximum Gasteiger partial charge on any atom is 0.525 e. The molecule has 0 saturated heterocycles. The molecule has 0 amide bonds. The maximum atomic E-state index is 8.69. The minimum atomic E-state index is -1.30. The largest absolute Gasteiger partial charge is 0.525 e. The van der Waals surface area contributed by atoms with Crippen molar-refractivity contribution in [3.8, 4) is 0 Å². The second kappa shape index (κ2) is 2.68. The molecule has 1 rings (SSSR count). The lowest BCUT2D eigenvalue weighted by atomic mass is 9.83. The van der Waals surface area contributed by atoms with Gasteiger partial charge in [0.05, 0.1) is 12.5 Å². The summed E-state index contributed by atoms with van der Waals surface area (Å²) in [4.78, 5) is 3.59. The van der Waals surface area contributed by atoms with Gasteiger partial charge in [-0.15, -0.1) is 0 Å². The highest BCUT2D eigenvalue weighted by Gasteiger charge is 2.16. The summed E-state index contributed by atoms with van der Waals surface area (Å²) in [5.74, 6) is 0. The van der Waals surface area contributed by atoms with Crippen LogP contribution in [0.5, 0.6) is 0 Å². The third-order valence-electron chi connectivity index (χ3n) is 0.928. The summed E-state index contributed by atoms with van der Waals surface area (Å²) in [5.41, 5.74) is 0.387. The lowest BCUT2D eigenvalue weighted by Gasteiger charge is -1.93. The van der Waals surface area contributed by atoms with E-state index in [2.05, 4.69) is 9.22 Å². The van der Waals surface area contributed by atoms with Gasteiger partial charge in [0.25, 0.3) is 0 Å². The van der Waals surface area contributed by atoms with Gasteiger partial charge in [0.15, 0.2) is 0 Å². The van der Waals surface area contributed by atoms with Gasteiger partial charge in [-0.1, -0.05) is 0 Å². The van der Waals surface area contributed by atoms with Gasteiger partial charge in [-0.2, -0.15) is 0 Å². The first-order valence-electron chi connectivity index (χ1n) is 2.35. The number of hydrogen-bond donors (Lipinski definition) is 2. The summed E-state index contributed by atoms with van der Waals surface area (Å²) >= 11 is 0. The van der Waals surface area contributed by atoms with Gasteiger partial charge in [-0.25, -0.2) is 0 Å². The Morgan fingerprint density at radius 1 is 1.67 bits per heavy atom. The van der Waals surface area contributed by atoms with Crippen LogP contribution in [-0.4, -0.2) is 17.4 Å². The highest BCUT2D eigenvalue weighted by Crippen LogP contribution is 1.85. The third-order valence-corrected chi connectivity index (χ3v) is 0.928. The van der Waals surface area contributed by atoms with E-state index < -0.39 is 7.12 Å². The van der Waals surface area contributed by atoms with E-state index in [1.807, 2.05) is 0 Å². The van der Waals surface area contributed by atoms with E-state index in [9.17, 15) is 0 Å². The molecular weight excluding hydrogens is 123 g/mol. The van der Waals surface area contributed by atoms with Crippen molar-refractivity contribution in [2.45, 2.75) is 0 Å². The normalized spacial score (nSPS) is 9.56. The van der Waals surface area contributed by atoms with Crippen molar-refractivity contribution in [3.63, 3.8) is 0 Å². The molecule has 2 N–H and O–H groups in total. The molecule has 1 aromatic heterocycles. The molecule has 0 unspecified atom stereocenters. The van der Waals surface area contributed by atoms with Gasteiger partial charge in [-0.05, 0) is 6.07 Å². The van der Waals surface area contributed by atoms with Crippen LogP contribution in [0, 0.1) is 0 Å². The fourth-order valence-electron chi connectivity index (χ4n) is 0.476. The van der Waals surface area contributed by atoms with Crippen molar-refractivity contribution in [3.05, 3.63) is 18.6 Å². The second-order valence-corrected chi connectivity index (χ2v) is 1.51. The van der Waals surface area contributed by atoms with Gasteiger partial charge >= 0.3 is 7.12 Å². The predicted octanol–water partition coefficient (Wildman–Crippen LogP) is -0.543. The fourth-order valence-corrected chi connectivity index (χ4v) is 0.476. The molecule has 0 spiro atoms. The zero-order valence-corrected chi connectivity index (χ0v) is 4.52. The second-order valence-electron chi connectivity index (χ2n) is 1.51. The van der Waals surface area contributed by atoms with Crippen LogP contribution >= 0.6 is 0 Å². The average Bonchev–Trinajstić information content (AvgIpc) is 2.37. The monoisotopic (exact) mass is 128 g/mol. The quantitative estimate of drug-likeness (QED) is 0.318. The van der Waals surface area contributed by atoms with Crippen LogP contribution in [0.1, 0.15) is 0 Å². The maximum absolute atomic E-state index is 8.69. The molecular formula is C4H5BO4. The summed E-state index contributed by atoms with van der Waals surface area (Å²) in [7, 11) is -1.30. The lowest BCUT2D eigenvalue weighted by molar-refractivity contribution is -0.154. The molecule has 0 saturated carbocycles. The van der Waals surface area contributed by atoms with E-state index >= 15 is 0 Å². The van der Waals surface area contributed by atoms with Gasteiger partial charge in [0.2, 0.25) is 0 Å². The van der Waals surface area contributed by atoms with Crippen LogP contribution < -0.4 is 5.46 Å². The molecule has 4 nitrogen and oxygen atoms in total. The van der Waals surface area contributed by atoms with Gasteiger partial charge in [-0.3, -0.25) is 10.1 Å². The fraction of sp³-hybridized carbons (Fsp3) is 0. The molecule has 9 heavy (non-hydrogen) atoms. The lowest BCUT2D eigenvalue weighted by Crippen LogP contribution is -2.30. The van der Waals surface area contributed by atoms with Crippen molar-refractivity contribution in [2.75, 3.05) is 0 Å². The van der Waals surface area contributed by atoms with E-state index in [0.29, 0.717) is 5.46 Å². The van der Waals surface area contributed by atoms with E-state index in [1.54, 1.807) is 0 Å². The smallest absolute Gasteiger partial charge is 0.473 e. The number of hydrogen-bond acceptors (Lipinski definition) is 4. The Kier molecular flexibility index (Phi) is 1.89. The molecule has 0 aliphatic carbocycles. The average molecular weight is 128 g/mol. The first kappa shape index (κ1) is 6.35. The van der Waals surface area contributed by atoms with E-state index in [4.69, 9.17) is 10.3 Å². The molecule has 48 valence electrons. The minimum absolute atomic E-state index is 0.387. The summed E-state index contributed by atoms with van der Waals surface area (Å²) in [6.45, 7) is 0. The van der Waals surface area contributed by atoms with Crippen LogP contribution in [0.25, 0.3) is 0 Å². The Labute approximate surface area is 51.7 Å². The highest BCUT2D eigenvalue weighted by molar-refractivity contribution is 6.59. The van der Waals surface area contributed by atoms with Crippen molar-refractivity contribution >= 4 is 12.6 Å². The van der Waals surface area contributed by atoms with Crippen molar-refractivity contribution in [1.29, 1.82) is 0 Å². The Balaban J connectivity index is 2.65. The van der Waals surface area contributed by atoms with Crippen molar-refractivity contribution < 1.29 is 19.5 Å². The summed E-state index contributed by atoms with van der Waals surface area (Å²) in [6.07, 6.45) is 2.65. The number of rotatable bonds is 2. The molecule has 5 heteroatoms. The Bertz CT molecular complexity index is 161. The van der Waals surface area contributed by atoms with E-state index in [0.717, 1.165) is 0 Å². The Hall–Kier alpha value is -0.775. The summed E-state index contributed by atoms with van der Waals surface area (Å²) in [5, 5.41) is 16.6. The third kappa shape index (κ3) is 1.32. The van der Waals surface area contributed by atoms with Crippen LogP contribution in [0.4, 0.5) is 0 Å². The van der Waals surface area contributed by atoms with Gasteiger partial charge < -0.3 is 9.44 Å². The SMILES string of the molecule is OOB(O)c1ccoc1. The van der Waals surface area contributed by atoms with Crippen LogP contribution in [0.15, 0.2) is 23.0 Å². The molecule has 1 aromatic rings. The van der Waals surface area contributed by atoms with Crippen LogP contribution in [0.3, 0.4) is 0 Å². The Morgan fingerprint density at radius 3 is 2.89 bits per heavy atom. The first-order valence-corrected chi connectivity index (χ1v) is 2.35. The van der Waals surface area contributed by atoms with E-state index in [-0.39, 0.29) is 0 Å². The molecule has 0 atom stereocenters. The van der Waals surface area contributed by atoms with Crippen LogP contribution in [0.2, 0.25) is 0 Å². The Morgan fingerprint density at radius 2 is 2.44 bits per heavy atom. The molecule has 0 radical (unpaired) electrons. The molecule has 1 heterocycles. The molecule has 0 aliphatic heterocycles. The van der Waals surface area contributed by atoms with Crippen LogP contribution in [-0.2, 0) is 4.81 Å². The molecule has 0 bridgehead atoms. The molecule has 0 fully saturated rings. The summed E-state index contributed by atoms with van der Waals surface area (Å²) < 4.78 is 4.59. The zero-order valence-electron chi connectivity index (χ0n) is 4.52. The summed E-state index contributed by atoms with van der Waals surface area (Å²) in [6, 6.07) is 1.49. The van der Waals surface area contributed by atoms with Gasteiger partial charge in [0, 0.05) is 5.46 Å². The molecule has 0 aromatic carbocycles. The van der Waals surface area contributed by atoms with Crippen molar-refractivity contribution in [2.24, 2.45) is 0 Å². The number of furan rings is 1. The highest BCUT2D eigenvalue weighted by atomic mass is 17.1. The predicted molar refractivity (Wildman–Crippen MR) is 30.0 cm³/mol. The topological polar surface area (TPSA) is 62.8 Å².